The lowest BCUT2D eigenvalue weighted by molar-refractivity contribution is 0.167. The molecule has 4 N–H and O–H groups in total. The Morgan fingerprint density at radius 2 is 2.12 bits per heavy atom. The zero-order valence-corrected chi connectivity index (χ0v) is 10.6. The molecule has 0 spiro atoms. The predicted octanol–water partition coefficient (Wildman–Crippen LogP) is 0.476. The molecule has 0 aliphatic rings. The molecule has 1 aromatic rings. The minimum atomic E-state index is -4.70. The summed E-state index contributed by atoms with van der Waals surface area (Å²) < 4.78 is 21.9. The van der Waals surface area contributed by atoms with Crippen molar-refractivity contribution in [3.8, 4) is 0 Å². The van der Waals surface area contributed by atoms with Gasteiger partial charge in [-0.05, 0) is 11.6 Å². The third-order valence-corrected chi connectivity index (χ3v) is 5.71. The fraction of sp³-hybridized carbons (Fsp3) is 0.375. The maximum Gasteiger partial charge on any atom is 0.338 e. The van der Waals surface area contributed by atoms with Crippen LogP contribution in [0.1, 0.15) is 18.1 Å². The van der Waals surface area contributed by atoms with E-state index in [1.807, 2.05) is 0 Å². The molecular weight excluding hydrogens is 268 g/mol. The van der Waals surface area contributed by atoms with E-state index in [-0.39, 0.29) is 0 Å². The van der Waals surface area contributed by atoms with Gasteiger partial charge in [0.2, 0.25) is 8.03 Å². The van der Waals surface area contributed by atoms with Crippen molar-refractivity contribution in [2.45, 2.75) is 17.9 Å². The van der Waals surface area contributed by atoms with Crippen LogP contribution in [-0.2, 0) is 9.13 Å². The van der Waals surface area contributed by atoms with Crippen molar-refractivity contribution >= 4 is 15.6 Å². The van der Waals surface area contributed by atoms with Gasteiger partial charge in [-0.15, -0.1) is 0 Å². The molecule has 0 amide bonds. The van der Waals surface area contributed by atoms with Crippen LogP contribution in [0.5, 0.6) is 0 Å². The standard InChI is InChI=1S/C8H13NO6P2/c10-7(6-2-1-3-9-5-6)4-8(16(11)12)17(13,14)15/h1-3,5,7-8,10,16H,4H2,(H,11,12)(H2,13,14,15). The molecule has 9 heteroatoms. The second kappa shape index (κ2) is 5.87. The van der Waals surface area contributed by atoms with Gasteiger partial charge in [-0.3, -0.25) is 14.1 Å². The van der Waals surface area contributed by atoms with E-state index in [0.717, 1.165) is 0 Å². The number of aliphatic hydroxyl groups is 1. The first-order valence-electron chi connectivity index (χ1n) is 4.68. The summed E-state index contributed by atoms with van der Waals surface area (Å²) in [5, 5.41) is 7.95. The monoisotopic (exact) mass is 281 g/mol. The van der Waals surface area contributed by atoms with Crippen molar-refractivity contribution in [3.05, 3.63) is 30.1 Å². The molecular formula is C8H13NO6P2. The molecule has 17 heavy (non-hydrogen) atoms. The Bertz CT molecular complexity index is 433. The third kappa shape index (κ3) is 4.32. The summed E-state index contributed by atoms with van der Waals surface area (Å²) in [5.41, 5.74) is 0.342. The van der Waals surface area contributed by atoms with Gasteiger partial charge in [0, 0.05) is 18.8 Å². The van der Waals surface area contributed by atoms with Gasteiger partial charge in [-0.25, -0.2) is 0 Å². The van der Waals surface area contributed by atoms with Crippen LogP contribution in [0.15, 0.2) is 24.5 Å². The summed E-state index contributed by atoms with van der Waals surface area (Å²) in [5.74, 6) is 0. The molecule has 7 nitrogen and oxygen atoms in total. The zero-order valence-electron chi connectivity index (χ0n) is 8.67. The van der Waals surface area contributed by atoms with Gasteiger partial charge in [0.15, 0.2) is 0 Å². The van der Waals surface area contributed by atoms with E-state index >= 15 is 0 Å². The first-order valence-corrected chi connectivity index (χ1v) is 7.80. The highest BCUT2D eigenvalue weighted by Crippen LogP contribution is 2.54. The summed E-state index contributed by atoms with van der Waals surface area (Å²) >= 11 is 0. The van der Waals surface area contributed by atoms with E-state index in [4.69, 9.17) is 14.7 Å². The second-order valence-corrected chi connectivity index (χ2v) is 7.14. The van der Waals surface area contributed by atoms with Gasteiger partial charge in [-0.2, -0.15) is 0 Å². The maximum atomic E-state index is 11.0. The summed E-state index contributed by atoms with van der Waals surface area (Å²) in [6, 6.07) is 3.07. The molecule has 3 unspecified atom stereocenters. The normalized spacial score (nSPS) is 17.4. The highest BCUT2D eigenvalue weighted by Gasteiger charge is 2.35. The topological polar surface area (TPSA) is 128 Å². The second-order valence-electron chi connectivity index (χ2n) is 3.48. The Kier molecular flexibility index (Phi) is 5.01. The maximum absolute atomic E-state index is 11.0. The fourth-order valence-electron chi connectivity index (χ4n) is 1.30. The molecule has 0 saturated heterocycles. The first kappa shape index (κ1) is 14.5. The van der Waals surface area contributed by atoms with E-state index in [2.05, 4.69) is 4.98 Å². The Morgan fingerprint density at radius 3 is 2.53 bits per heavy atom. The molecule has 0 aliphatic carbocycles. The minimum absolute atomic E-state index is 0.342. The summed E-state index contributed by atoms with van der Waals surface area (Å²) in [6.07, 6.45) is 1.09. The molecule has 0 radical (unpaired) electrons. The number of aliphatic hydroxyl groups excluding tert-OH is 1. The molecule has 1 heterocycles. The average Bonchev–Trinajstić information content (AvgIpc) is 2.24. The number of pyridine rings is 1. The van der Waals surface area contributed by atoms with Crippen LogP contribution in [-0.4, -0.2) is 30.2 Å². The minimum Gasteiger partial charge on any atom is -0.388 e. The number of aromatic nitrogens is 1. The van der Waals surface area contributed by atoms with Gasteiger partial charge < -0.3 is 19.8 Å². The third-order valence-electron chi connectivity index (χ3n) is 2.21. The van der Waals surface area contributed by atoms with Gasteiger partial charge in [0.05, 0.1) is 6.10 Å². The van der Waals surface area contributed by atoms with Crippen molar-refractivity contribution < 1.29 is 28.9 Å². The van der Waals surface area contributed by atoms with Crippen LogP contribution in [0.3, 0.4) is 0 Å². The van der Waals surface area contributed by atoms with Crippen molar-refractivity contribution in [1.29, 1.82) is 0 Å². The molecule has 96 valence electrons. The molecule has 0 bridgehead atoms. The summed E-state index contributed by atoms with van der Waals surface area (Å²) in [7, 11) is -8.13. The Morgan fingerprint density at radius 1 is 1.47 bits per heavy atom. The lowest BCUT2D eigenvalue weighted by Gasteiger charge is -2.18. The quantitative estimate of drug-likeness (QED) is 0.577. The predicted molar refractivity (Wildman–Crippen MR) is 60.9 cm³/mol. The van der Waals surface area contributed by atoms with Crippen LogP contribution in [0.2, 0.25) is 0 Å². The van der Waals surface area contributed by atoms with Crippen LogP contribution in [0.25, 0.3) is 0 Å². The lowest BCUT2D eigenvalue weighted by Crippen LogP contribution is -2.10. The largest absolute Gasteiger partial charge is 0.388 e. The van der Waals surface area contributed by atoms with Crippen LogP contribution < -0.4 is 0 Å². The van der Waals surface area contributed by atoms with Crippen molar-refractivity contribution in [2.24, 2.45) is 0 Å². The lowest BCUT2D eigenvalue weighted by atomic mass is 10.1. The van der Waals surface area contributed by atoms with E-state index in [1.54, 1.807) is 6.07 Å². The molecule has 1 aromatic heterocycles. The Balaban J connectivity index is 2.83. The Labute approximate surface area is 98.2 Å². The highest BCUT2D eigenvalue weighted by atomic mass is 31.2. The Hall–Kier alpha value is -0.550. The van der Waals surface area contributed by atoms with Crippen molar-refractivity contribution in [1.82, 2.24) is 4.98 Å². The highest BCUT2D eigenvalue weighted by molar-refractivity contribution is 7.65. The van der Waals surface area contributed by atoms with E-state index in [0.29, 0.717) is 5.56 Å². The van der Waals surface area contributed by atoms with Crippen molar-refractivity contribution in [3.63, 3.8) is 0 Å². The van der Waals surface area contributed by atoms with Gasteiger partial charge in [-0.1, -0.05) is 6.07 Å². The number of hydrogen-bond donors (Lipinski definition) is 4. The smallest absolute Gasteiger partial charge is 0.338 e. The molecule has 0 saturated carbocycles. The van der Waals surface area contributed by atoms with Crippen molar-refractivity contribution in [2.75, 3.05) is 0 Å². The van der Waals surface area contributed by atoms with E-state index < -0.39 is 33.5 Å². The summed E-state index contributed by atoms with van der Waals surface area (Å²) in [6.45, 7) is 0. The number of rotatable bonds is 5. The first-order chi connectivity index (χ1) is 7.82. The molecule has 0 aliphatic heterocycles. The van der Waals surface area contributed by atoms with Gasteiger partial charge in [0.1, 0.15) is 5.40 Å². The number of nitrogens with zero attached hydrogens (tertiary/aromatic N) is 1. The SMILES string of the molecule is O=[PH](O)C(CC(O)c1cccnc1)P(=O)(O)O. The van der Waals surface area contributed by atoms with E-state index in [1.165, 1.54) is 18.5 Å². The molecule has 0 aromatic carbocycles. The molecule has 1 rings (SSSR count). The average molecular weight is 281 g/mol. The zero-order chi connectivity index (χ0) is 13.1. The van der Waals surface area contributed by atoms with Gasteiger partial charge in [0.25, 0.3) is 0 Å². The van der Waals surface area contributed by atoms with Gasteiger partial charge >= 0.3 is 7.60 Å². The fourth-order valence-corrected chi connectivity index (χ4v) is 3.35. The van der Waals surface area contributed by atoms with Crippen LogP contribution >= 0.6 is 15.6 Å². The molecule has 0 fully saturated rings. The van der Waals surface area contributed by atoms with E-state index in [9.17, 15) is 14.2 Å². The van der Waals surface area contributed by atoms with Crippen LogP contribution in [0, 0.1) is 0 Å². The van der Waals surface area contributed by atoms with Crippen LogP contribution in [0.4, 0.5) is 0 Å². The summed E-state index contributed by atoms with van der Waals surface area (Å²) in [4.78, 5) is 30.4. The number of hydrogen-bond acceptors (Lipinski definition) is 4. The molecule has 3 atom stereocenters.